The Labute approximate surface area is 184 Å². The molecule has 0 aliphatic rings. The van der Waals surface area contributed by atoms with E-state index in [2.05, 4.69) is 15.6 Å². The molecule has 0 radical (unpaired) electrons. The minimum Gasteiger partial charge on any atom is -0.375 e. The van der Waals surface area contributed by atoms with E-state index >= 15 is 0 Å². The van der Waals surface area contributed by atoms with Gasteiger partial charge in [0.2, 0.25) is 5.91 Å². The Kier molecular flexibility index (Phi) is 7.72. The van der Waals surface area contributed by atoms with Gasteiger partial charge in [-0.15, -0.1) is 11.3 Å². The first-order valence-corrected chi connectivity index (χ1v) is 10.6. The zero-order valence-electron chi connectivity index (χ0n) is 17.1. The van der Waals surface area contributed by atoms with E-state index in [1.54, 1.807) is 29.6 Å². The first-order valence-electron chi connectivity index (χ1n) is 9.73. The summed E-state index contributed by atoms with van der Waals surface area (Å²) in [5, 5.41) is 28.6. The molecule has 8 nitrogen and oxygen atoms in total. The molecular formula is C22H26N4O4S. The smallest absolute Gasteiger partial charge is 0.254 e. The maximum atomic E-state index is 12.1. The number of methoxy groups -OCH3 is 1. The van der Waals surface area contributed by atoms with Crippen molar-refractivity contribution in [3.63, 3.8) is 0 Å². The molecule has 1 amide bonds. The number of carbonyl (C=O) groups excluding carboxylic acids is 1. The zero-order valence-corrected chi connectivity index (χ0v) is 17.9. The van der Waals surface area contributed by atoms with Crippen molar-refractivity contribution in [2.24, 2.45) is 0 Å². The largest absolute Gasteiger partial charge is 0.375 e. The van der Waals surface area contributed by atoms with Gasteiger partial charge in [0, 0.05) is 24.7 Å². The van der Waals surface area contributed by atoms with Gasteiger partial charge in [0.15, 0.2) is 11.2 Å². The molecule has 0 spiro atoms. The van der Waals surface area contributed by atoms with Gasteiger partial charge in [0.25, 0.3) is 5.91 Å². The fourth-order valence-corrected chi connectivity index (χ4v) is 3.74. The molecule has 0 aliphatic heterocycles. The first kappa shape index (κ1) is 22.9. The summed E-state index contributed by atoms with van der Waals surface area (Å²) in [7, 11) is 1.43. The van der Waals surface area contributed by atoms with Crippen LogP contribution < -0.4 is 16.4 Å². The van der Waals surface area contributed by atoms with E-state index in [0.29, 0.717) is 35.0 Å². The lowest BCUT2D eigenvalue weighted by molar-refractivity contribution is -0.254. The number of rotatable bonds is 10. The summed E-state index contributed by atoms with van der Waals surface area (Å²) < 4.78 is 5.29. The zero-order chi connectivity index (χ0) is 22.3. The third kappa shape index (κ3) is 6.58. The number of hydrogen-bond acceptors (Lipinski definition) is 8. The summed E-state index contributed by atoms with van der Waals surface area (Å²) in [6, 6.07) is 16.4. The van der Waals surface area contributed by atoms with Gasteiger partial charge in [-0.2, -0.15) is 0 Å². The number of carbonyl (C=O) groups is 1. The van der Waals surface area contributed by atoms with Crippen molar-refractivity contribution in [2.75, 3.05) is 24.7 Å². The van der Waals surface area contributed by atoms with Crippen LogP contribution in [0.4, 0.5) is 10.8 Å². The maximum absolute atomic E-state index is 12.1. The lowest BCUT2D eigenvalue weighted by Gasteiger charge is -2.31. The summed E-state index contributed by atoms with van der Waals surface area (Å²) >= 11 is 1.30. The highest BCUT2D eigenvalue weighted by Crippen LogP contribution is 2.25. The second kappa shape index (κ2) is 10.5. The monoisotopic (exact) mass is 442 g/mol. The van der Waals surface area contributed by atoms with Crippen LogP contribution in [-0.2, 0) is 22.4 Å². The van der Waals surface area contributed by atoms with Crippen LogP contribution in [-0.4, -0.2) is 40.7 Å². The number of thiazole rings is 1. The maximum Gasteiger partial charge on any atom is 0.254 e. The summed E-state index contributed by atoms with van der Waals surface area (Å²) in [4.78, 5) is 16.2. The van der Waals surface area contributed by atoms with E-state index in [9.17, 15) is 15.0 Å². The molecule has 31 heavy (non-hydrogen) atoms. The third-order valence-corrected chi connectivity index (χ3v) is 5.37. The molecule has 3 rings (SSSR count). The van der Waals surface area contributed by atoms with E-state index in [-0.39, 0.29) is 12.3 Å². The summed E-state index contributed by atoms with van der Waals surface area (Å²) in [5.74, 6) is -2.39. The number of nitrogens with one attached hydrogen (secondary N) is 2. The quantitative estimate of drug-likeness (QED) is 0.304. The van der Waals surface area contributed by atoms with E-state index < -0.39 is 12.0 Å². The van der Waals surface area contributed by atoms with Gasteiger partial charge in [-0.1, -0.05) is 42.5 Å². The van der Waals surface area contributed by atoms with E-state index in [4.69, 9.17) is 10.5 Å². The highest BCUT2D eigenvalue weighted by molar-refractivity contribution is 7.13. The average molecular weight is 443 g/mol. The lowest BCUT2D eigenvalue weighted by Crippen LogP contribution is -2.51. The van der Waals surface area contributed by atoms with Crippen LogP contribution in [0.1, 0.15) is 22.9 Å². The highest BCUT2D eigenvalue weighted by atomic mass is 32.1. The first-order chi connectivity index (χ1) is 14.9. The Bertz CT molecular complexity index is 977. The van der Waals surface area contributed by atoms with Crippen LogP contribution in [0, 0.1) is 0 Å². The molecule has 0 saturated heterocycles. The van der Waals surface area contributed by atoms with E-state index in [0.717, 1.165) is 5.56 Å². The summed E-state index contributed by atoms with van der Waals surface area (Å²) in [6.45, 7) is 0.316. The molecule has 6 N–H and O–H groups in total. The lowest BCUT2D eigenvalue weighted by atomic mass is 10.1. The fraction of sp³-hybridized carbons (Fsp3) is 0.273. The van der Waals surface area contributed by atoms with Crippen molar-refractivity contribution in [3.05, 3.63) is 76.8 Å². The Morgan fingerprint density at radius 3 is 2.52 bits per heavy atom. The molecule has 0 aliphatic carbocycles. The number of nitrogens with two attached hydrogens (primary N) is 1. The normalized spacial score (nSPS) is 12.5. The van der Waals surface area contributed by atoms with Crippen molar-refractivity contribution < 1.29 is 19.7 Å². The standard InChI is InChI=1S/C22H26N4O4S/c1-30-20(16-5-3-2-4-6-16)22(28,29)24-12-11-15-7-9-17(10-8-15)25-19(27)13-18-14-31-21(23)26-18/h2-10,14,20,24,28-29H,11-13H2,1H3,(H2,23,26)(H,25,27). The van der Waals surface area contributed by atoms with Crippen LogP contribution in [0.5, 0.6) is 0 Å². The minimum atomic E-state index is -2.22. The van der Waals surface area contributed by atoms with Gasteiger partial charge in [-0.25, -0.2) is 4.98 Å². The number of aromatic nitrogens is 1. The van der Waals surface area contributed by atoms with Crippen molar-refractivity contribution >= 4 is 28.1 Å². The molecular weight excluding hydrogens is 416 g/mol. The number of amides is 1. The second-order valence-corrected chi connectivity index (χ2v) is 7.92. The van der Waals surface area contributed by atoms with Gasteiger partial charge in [-0.05, 0) is 29.7 Å². The van der Waals surface area contributed by atoms with E-state index in [1.807, 2.05) is 30.3 Å². The van der Waals surface area contributed by atoms with Gasteiger partial charge in [0.05, 0.1) is 12.1 Å². The number of anilines is 2. The molecule has 3 aromatic rings. The van der Waals surface area contributed by atoms with Crippen LogP contribution in [0.25, 0.3) is 0 Å². The summed E-state index contributed by atoms with van der Waals surface area (Å²) in [6.07, 6.45) is -0.212. The molecule has 164 valence electrons. The number of nitrogen functional groups attached to an aromatic ring is 1. The second-order valence-electron chi connectivity index (χ2n) is 7.03. The molecule has 0 bridgehead atoms. The number of benzene rings is 2. The average Bonchev–Trinajstić information content (AvgIpc) is 3.14. The number of aliphatic hydroxyl groups is 2. The number of hydrogen-bond donors (Lipinski definition) is 5. The van der Waals surface area contributed by atoms with Crippen LogP contribution in [0.3, 0.4) is 0 Å². The molecule has 1 aromatic heterocycles. The fourth-order valence-electron chi connectivity index (χ4n) is 3.17. The van der Waals surface area contributed by atoms with Gasteiger partial charge in [-0.3, -0.25) is 10.1 Å². The Morgan fingerprint density at radius 1 is 1.19 bits per heavy atom. The van der Waals surface area contributed by atoms with Crippen LogP contribution in [0.15, 0.2) is 60.0 Å². The van der Waals surface area contributed by atoms with Crippen molar-refractivity contribution in [1.29, 1.82) is 0 Å². The SMILES string of the molecule is COC(c1ccccc1)C(O)(O)NCCc1ccc(NC(=O)Cc2csc(N)n2)cc1. The molecule has 2 aromatic carbocycles. The molecule has 0 fully saturated rings. The highest BCUT2D eigenvalue weighted by Gasteiger charge is 2.35. The van der Waals surface area contributed by atoms with Gasteiger partial charge in [0.1, 0.15) is 0 Å². The third-order valence-electron chi connectivity index (χ3n) is 4.65. The molecule has 9 heteroatoms. The van der Waals surface area contributed by atoms with Gasteiger partial charge < -0.3 is 26.0 Å². The van der Waals surface area contributed by atoms with E-state index in [1.165, 1.54) is 18.4 Å². The van der Waals surface area contributed by atoms with Crippen LogP contribution >= 0.6 is 11.3 Å². The Balaban J connectivity index is 1.49. The van der Waals surface area contributed by atoms with Crippen molar-refractivity contribution in [1.82, 2.24) is 10.3 Å². The number of nitrogens with zero attached hydrogens (tertiary/aromatic N) is 1. The van der Waals surface area contributed by atoms with Crippen LogP contribution in [0.2, 0.25) is 0 Å². The number of ether oxygens (including phenoxy) is 1. The molecule has 0 saturated carbocycles. The molecule has 1 unspecified atom stereocenters. The molecule has 1 heterocycles. The Hall–Kier alpha value is -2.82. The van der Waals surface area contributed by atoms with Crippen molar-refractivity contribution in [3.8, 4) is 0 Å². The Morgan fingerprint density at radius 2 is 1.90 bits per heavy atom. The van der Waals surface area contributed by atoms with Gasteiger partial charge >= 0.3 is 0 Å². The molecule has 1 atom stereocenters. The summed E-state index contributed by atoms with van der Waals surface area (Å²) in [5.41, 5.74) is 8.52. The predicted molar refractivity (Wildman–Crippen MR) is 120 cm³/mol. The van der Waals surface area contributed by atoms with Crippen molar-refractivity contribution in [2.45, 2.75) is 24.9 Å². The predicted octanol–water partition coefficient (Wildman–Crippen LogP) is 2.06. The minimum absolute atomic E-state index is 0.163. The topological polar surface area (TPSA) is 130 Å².